The van der Waals surface area contributed by atoms with Crippen LogP contribution in [0.5, 0.6) is 11.5 Å². The Morgan fingerprint density at radius 3 is 2.23 bits per heavy atom. The monoisotopic (exact) mass is 355 g/mol. The first-order chi connectivity index (χ1) is 12.7. The van der Waals surface area contributed by atoms with E-state index in [9.17, 15) is 9.59 Å². The predicted molar refractivity (Wildman–Crippen MR) is 95.2 cm³/mol. The molecule has 7 heteroatoms. The van der Waals surface area contributed by atoms with Crippen molar-refractivity contribution in [3.05, 3.63) is 54.4 Å². The molecule has 1 aromatic carbocycles. The first-order valence-electron chi connectivity index (χ1n) is 8.42. The summed E-state index contributed by atoms with van der Waals surface area (Å²) in [5, 5.41) is 0. The summed E-state index contributed by atoms with van der Waals surface area (Å²) in [7, 11) is 1.56. The molecule has 0 bridgehead atoms. The summed E-state index contributed by atoms with van der Waals surface area (Å²) in [5.74, 6) is 0.986. The van der Waals surface area contributed by atoms with Gasteiger partial charge in [-0.25, -0.2) is 0 Å². The van der Waals surface area contributed by atoms with Crippen molar-refractivity contribution in [1.82, 2.24) is 14.8 Å². The summed E-state index contributed by atoms with van der Waals surface area (Å²) in [6.07, 6.45) is 3.20. The smallest absolute Gasteiger partial charge is 0.260 e. The standard InChI is InChI=1S/C19H21N3O4/c1-25-16-4-2-3-5-17(16)26-14-18(23)21-10-12-22(13-11-21)19(24)15-6-8-20-9-7-15/h2-9H,10-14H2,1H3. The van der Waals surface area contributed by atoms with Gasteiger partial charge in [0, 0.05) is 44.1 Å². The summed E-state index contributed by atoms with van der Waals surface area (Å²) in [6, 6.07) is 10.6. The zero-order valence-corrected chi connectivity index (χ0v) is 14.6. The van der Waals surface area contributed by atoms with Gasteiger partial charge in [-0.2, -0.15) is 0 Å². The third-order valence-corrected chi connectivity index (χ3v) is 4.27. The average molecular weight is 355 g/mol. The minimum absolute atomic E-state index is 0.0372. The van der Waals surface area contributed by atoms with Gasteiger partial charge in [0.1, 0.15) is 0 Å². The van der Waals surface area contributed by atoms with E-state index in [4.69, 9.17) is 9.47 Å². The van der Waals surface area contributed by atoms with E-state index < -0.39 is 0 Å². The van der Waals surface area contributed by atoms with E-state index in [0.29, 0.717) is 43.2 Å². The fourth-order valence-corrected chi connectivity index (χ4v) is 2.80. The van der Waals surface area contributed by atoms with E-state index in [1.54, 1.807) is 53.6 Å². The molecule has 7 nitrogen and oxygen atoms in total. The van der Waals surface area contributed by atoms with Gasteiger partial charge in [0.15, 0.2) is 18.1 Å². The zero-order valence-electron chi connectivity index (χ0n) is 14.6. The van der Waals surface area contributed by atoms with Gasteiger partial charge in [-0.05, 0) is 24.3 Å². The molecule has 0 radical (unpaired) electrons. The van der Waals surface area contributed by atoms with Crippen LogP contribution in [0.4, 0.5) is 0 Å². The number of piperazine rings is 1. The number of hydrogen-bond donors (Lipinski definition) is 0. The van der Waals surface area contributed by atoms with Gasteiger partial charge >= 0.3 is 0 Å². The summed E-state index contributed by atoms with van der Waals surface area (Å²) in [6.45, 7) is 1.93. The molecule has 26 heavy (non-hydrogen) atoms. The van der Waals surface area contributed by atoms with Crippen molar-refractivity contribution in [3.8, 4) is 11.5 Å². The minimum atomic E-state index is -0.105. The maximum atomic E-state index is 12.4. The predicted octanol–water partition coefficient (Wildman–Crippen LogP) is 1.45. The van der Waals surface area contributed by atoms with Crippen LogP contribution in [-0.2, 0) is 4.79 Å². The van der Waals surface area contributed by atoms with Gasteiger partial charge in [-0.3, -0.25) is 14.6 Å². The van der Waals surface area contributed by atoms with Crippen molar-refractivity contribution in [2.45, 2.75) is 0 Å². The highest BCUT2D eigenvalue weighted by molar-refractivity contribution is 5.94. The van der Waals surface area contributed by atoms with E-state index >= 15 is 0 Å². The number of carbonyl (C=O) groups is 2. The van der Waals surface area contributed by atoms with E-state index in [1.165, 1.54) is 0 Å². The summed E-state index contributed by atoms with van der Waals surface area (Å²) >= 11 is 0. The van der Waals surface area contributed by atoms with Crippen molar-refractivity contribution in [3.63, 3.8) is 0 Å². The molecule has 0 spiro atoms. The molecule has 1 saturated heterocycles. The second kappa shape index (κ2) is 8.33. The summed E-state index contributed by atoms with van der Waals surface area (Å²) in [5.41, 5.74) is 0.610. The van der Waals surface area contributed by atoms with Crippen LogP contribution in [0.2, 0.25) is 0 Å². The van der Waals surface area contributed by atoms with Gasteiger partial charge in [0.25, 0.3) is 11.8 Å². The molecule has 2 amide bonds. The van der Waals surface area contributed by atoms with Crippen molar-refractivity contribution in [2.24, 2.45) is 0 Å². The minimum Gasteiger partial charge on any atom is -0.493 e. The highest BCUT2D eigenvalue weighted by atomic mass is 16.5. The van der Waals surface area contributed by atoms with Crippen LogP contribution in [-0.4, -0.2) is 66.5 Å². The van der Waals surface area contributed by atoms with E-state index in [1.807, 2.05) is 12.1 Å². The van der Waals surface area contributed by atoms with Crippen molar-refractivity contribution in [2.75, 3.05) is 39.9 Å². The average Bonchev–Trinajstić information content (AvgIpc) is 2.72. The molecule has 2 heterocycles. The quantitative estimate of drug-likeness (QED) is 0.812. The third-order valence-electron chi connectivity index (χ3n) is 4.27. The Balaban J connectivity index is 1.50. The molecule has 0 unspecified atom stereocenters. The topological polar surface area (TPSA) is 72.0 Å². The number of aromatic nitrogens is 1. The van der Waals surface area contributed by atoms with Crippen LogP contribution in [0, 0.1) is 0 Å². The summed E-state index contributed by atoms with van der Waals surface area (Å²) in [4.78, 5) is 32.2. The lowest BCUT2D eigenvalue weighted by Gasteiger charge is -2.34. The molecule has 1 fully saturated rings. The summed E-state index contributed by atoms with van der Waals surface area (Å²) < 4.78 is 10.8. The van der Waals surface area contributed by atoms with Gasteiger partial charge in [0.05, 0.1) is 7.11 Å². The van der Waals surface area contributed by atoms with Crippen LogP contribution >= 0.6 is 0 Å². The normalized spacial score (nSPS) is 14.0. The molecule has 1 aliphatic rings. The molecule has 136 valence electrons. The Kier molecular flexibility index (Phi) is 5.68. The van der Waals surface area contributed by atoms with Crippen molar-refractivity contribution >= 4 is 11.8 Å². The van der Waals surface area contributed by atoms with Crippen LogP contribution in [0.1, 0.15) is 10.4 Å². The van der Waals surface area contributed by atoms with Crippen molar-refractivity contribution < 1.29 is 19.1 Å². The van der Waals surface area contributed by atoms with E-state index in [-0.39, 0.29) is 18.4 Å². The lowest BCUT2D eigenvalue weighted by molar-refractivity contribution is -0.134. The largest absolute Gasteiger partial charge is 0.493 e. The number of amides is 2. The van der Waals surface area contributed by atoms with Crippen molar-refractivity contribution in [1.29, 1.82) is 0 Å². The number of para-hydroxylation sites is 2. The molecular formula is C19H21N3O4. The SMILES string of the molecule is COc1ccccc1OCC(=O)N1CCN(C(=O)c2ccncc2)CC1. The molecule has 0 saturated carbocycles. The number of hydrogen-bond acceptors (Lipinski definition) is 5. The lowest BCUT2D eigenvalue weighted by atomic mass is 10.2. The molecule has 0 aliphatic carbocycles. The maximum Gasteiger partial charge on any atom is 0.260 e. The molecule has 1 aromatic heterocycles. The number of pyridine rings is 1. The number of methoxy groups -OCH3 is 1. The number of rotatable bonds is 5. The van der Waals surface area contributed by atoms with Crippen LogP contribution in [0.15, 0.2) is 48.8 Å². The van der Waals surface area contributed by atoms with E-state index in [0.717, 1.165) is 0 Å². The van der Waals surface area contributed by atoms with Gasteiger partial charge in [-0.1, -0.05) is 12.1 Å². The fraction of sp³-hybridized carbons (Fsp3) is 0.316. The number of nitrogens with zero attached hydrogens (tertiary/aromatic N) is 3. The Hall–Kier alpha value is -3.09. The van der Waals surface area contributed by atoms with E-state index in [2.05, 4.69) is 4.98 Å². The van der Waals surface area contributed by atoms with Crippen LogP contribution in [0.25, 0.3) is 0 Å². The first-order valence-corrected chi connectivity index (χ1v) is 8.42. The maximum absolute atomic E-state index is 12.4. The Bertz CT molecular complexity index is 758. The third kappa shape index (κ3) is 4.11. The van der Waals surface area contributed by atoms with Gasteiger partial charge < -0.3 is 19.3 Å². The molecule has 0 N–H and O–H groups in total. The second-order valence-corrected chi connectivity index (χ2v) is 5.85. The first kappa shape index (κ1) is 17.7. The van der Waals surface area contributed by atoms with Crippen LogP contribution < -0.4 is 9.47 Å². The fourth-order valence-electron chi connectivity index (χ4n) is 2.80. The number of benzene rings is 1. The molecular weight excluding hydrogens is 334 g/mol. The Morgan fingerprint density at radius 1 is 0.962 bits per heavy atom. The Labute approximate surface area is 152 Å². The van der Waals surface area contributed by atoms with Gasteiger partial charge in [-0.15, -0.1) is 0 Å². The van der Waals surface area contributed by atoms with Crippen LogP contribution in [0.3, 0.4) is 0 Å². The zero-order chi connectivity index (χ0) is 18.4. The molecule has 1 aliphatic heterocycles. The highest BCUT2D eigenvalue weighted by Crippen LogP contribution is 2.25. The molecule has 0 atom stereocenters. The van der Waals surface area contributed by atoms with Gasteiger partial charge in [0.2, 0.25) is 0 Å². The number of carbonyl (C=O) groups excluding carboxylic acids is 2. The highest BCUT2D eigenvalue weighted by Gasteiger charge is 2.25. The Morgan fingerprint density at radius 2 is 1.58 bits per heavy atom. The number of ether oxygens (including phenoxy) is 2. The molecule has 3 rings (SSSR count). The second-order valence-electron chi connectivity index (χ2n) is 5.85. The lowest BCUT2D eigenvalue weighted by Crippen LogP contribution is -2.51. The molecule has 2 aromatic rings.